The second kappa shape index (κ2) is 6.15. The van der Waals surface area contributed by atoms with Gasteiger partial charge in [0, 0.05) is 17.0 Å². The van der Waals surface area contributed by atoms with Crippen molar-refractivity contribution in [1.82, 2.24) is 9.36 Å². The summed E-state index contributed by atoms with van der Waals surface area (Å²) in [5, 5.41) is 6.51. The number of carbonyl (C=O) groups excluding carboxylic acids is 1. The van der Waals surface area contributed by atoms with E-state index in [2.05, 4.69) is 14.7 Å². The molecular weight excluding hydrogens is 302 g/mol. The Morgan fingerprint density at radius 2 is 2.10 bits per heavy atom. The topological polar surface area (TPSA) is 54.9 Å². The van der Waals surface area contributed by atoms with Gasteiger partial charge >= 0.3 is 0 Å². The number of aromatic nitrogens is 2. The molecule has 1 aromatic carbocycles. The molecule has 3 rings (SSSR count). The first-order chi connectivity index (χ1) is 10.2. The lowest BCUT2D eigenvalue weighted by Crippen LogP contribution is -2.13. The van der Waals surface area contributed by atoms with E-state index in [-0.39, 0.29) is 5.91 Å². The van der Waals surface area contributed by atoms with E-state index in [0.717, 1.165) is 27.0 Å². The van der Waals surface area contributed by atoms with Gasteiger partial charge in [0.1, 0.15) is 5.00 Å². The van der Waals surface area contributed by atoms with Crippen LogP contribution in [0.2, 0.25) is 0 Å². The first-order valence-corrected chi connectivity index (χ1v) is 8.09. The van der Waals surface area contributed by atoms with Crippen molar-refractivity contribution >= 4 is 33.8 Å². The SMILES string of the molecule is Cc1nc(CC(=O)Nc2cc(-c3ccccc3)ns2)cs1. The zero-order valence-corrected chi connectivity index (χ0v) is 13.0. The fourth-order valence-electron chi connectivity index (χ4n) is 1.91. The number of rotatable bonds is 4. The maximum atomic E-state index is 12.0. The van der Waals surface area contributed by atoms with Crippen molar-refractivity contribution in [2.24, 2.45) is 0 Å². The Labute approximate surface area is 130 Å². The van der Waals surface area contributed by atoms with Gasteiger partial charge in [0.25, 0.3) is 0 Å². The third kappa shape index (κ3) is 3.53. The minimum atomic E-state index is -0.0661. The van der Waals surface area contributed by atoms with Crippen LogP contribution in [0.15, 0.2) is 41.8 Å². The van der Waals surface area contributed by atoms with Gasteiger partial charge in [-0.2, -0.15) is 4.37 Å². The summed E-state index contributed by atoms with van der Waals surface area (Å²) in [6, 6.07) is 11.8. The van der Waals surface area contributed by atoms with E-state index in [9.17, 15) is 4.79 Å². The molecule has 2 aromatic heterocycles. The van der Waals surface area contributed by atoms with Gasteiger partial charge in [-0.15, -0.1) is 11.3 Å². The molecule has 3 aromatic rings. The van der Waals surface area contributed by atoms with Crippen molar-refractivity contribution in [2.45, 2.75) is 13.3 Å². The number of thiazole rings is 1. The highest BCUT2D eigenvalue weighted by Crippen LogP contribution is 2.25. The predicted molar refractivity (Wildman–Crippen MR) is 86.7 cm³/mol. The summed E-state index contributed by atoms with van der Waals surface area (Å²) in [7, 11) is 0. The quantitative estimate of drug-likeness (QED) is 0.797. The first kappa shape index (κ1) is 13.9. The summed E-state index contributed by atoms with van der Waals surface area (Å²) in [4.78, 5) is 16.3. The van der Waals surface area contributed by atoms with Crippen molar-refractivity contribution < 1.29 is 4.79 Å². The molecule has 0 bridgehead atoms. The van der Waals surface area contributed by atoms with Gasteiger partial charge in [-0.25, -0.2) is 4.98 Å². The van der Waals surface area contributed by atoms with E-state index < -0.39 is 0 Å². The number of nitrogens with one attached hydrogen (secondary N) is 1. The second-order valence-corrected chi connectivity index (χ2v) is 6.39. The van der Waals surface area contributed by atoms with E-state index in [1.165, 1.54) is 11.5 Å². The molecule has 0 spiro atoms. The molecule has 21 heavy (non-hydrogen) atoms. The fourth-order valence-corrected chi connectivity index (χ4v) is 3.21. The normalized spacial score (nSPS) is 10.5. The molecule has 0 unspecified atom stereocenters. The predicted octanol–water partition coefficient (Wildman–Crippen LogP) is 3.76. The number of amides is 1. The summed E-state index contributed by atoms with van der Waals surface area (Å²) in [5.74, 6) is -0.0661. The molecule has 0 aliphatic heterocycles. The highest BCUT2D eigenvalue weighted by Gasteiger charge is 2.10. The van der Waals surface area contributed by atoms with Crippen LogP contribution in [0.3, 0.4) is 0 Å². The largest absolute Gasteiger partial charge is 0.316 e. The maximum absolute atomic E-state index is 12.0. The molecule has 2 heterocycles. The van der Waals surface area contributed by atoms with E-state index >= 15 is 0 Å². The van der Waals surface area contributed by atoms with E-state index in [0.29, 0.717) is 6.42 Å². The number of hydrogen-bond donors (Lipinski definition) is 1. The molecule has 106 valence electrons. The smallest absolute Gasteiger partial charge is 0.231 e. The summed E-state index contributed by atoms with van der Waals surface area (Å²) >= 11 is 2.84. The molecule has 0 aliphatic carbocycles. The molecule has 1 N–H and O–H groups in total. The van der Waals surface area contributed by atoms with Gasteiger partial charge < -0.3 is 5.32 Å². The van der Waals surface area contributed by atoms with Crippen LogP contribution in [0, 0.1) is 6.92 Å². The number of anilines is 1. The maximum Gasteiger partial charge on any atom is 0.231 e. The minimum Gasteiger partial charge on any atom is -0.316 e. The van der Waals surface area contributed by atoms with Crippen LogP contribution in [-0.4, -0.2) is 15.3 Å². The van der Waals surface area contributed by atoms with Gasteiger partial charge in [0.2, 0.25) is 5.91 Å². The lowest BCUT2D eigenvalue weighted by atomic mass is 10.1. The van der Waals surface area contributed by atoms with Crippen LogP contribution < -0.4 is 5.32 Å². The van der Waals surface area contributed by atoms with Crippen LogP contribution in [0.1, 0.15) is 10.7 Å². The van der Waals surface area contributed by atoms with Gasteiger partial charge in [-0.1, -0.05) is 30.3 Å². The van der Waals surface area contributed by atoms with E-state index in [4.69, 9.17) is 0 Å². The fraction of sp³-hybridized carbons (Fsp3) is 0.133. The summed E-state index contributed by atoms with van der Waals surface area (Å²) in [5.41, 5.74) is 2.73. The second-order valence-electron chi connectivity index (χ2n) is 4.53. The molecule has 4 nitrogen and oxygen atoms in total. The Kier molecular flexibility index (Phi) is 4.08. The molecule has 1 amide bonds. The highest BCUT2D eigenvalue weighted by atomic mass is 32.1. The highest BCUT2D eigenvalue weighted by molar-refractivity contribution is 7.10. The Hall–Kier alpha value is -2.05. The van der Waals surface area contributed by atoms with E-state index in [1.54, 1.807) is 11.3 Å². The number of nitrogens with zero attached hydrogens (tertiary/aromatic N) is 2. The van der Waals surface area contributed by atoms with Gasteiger partial charge in [0.05, 0.1) is 22.8 Å². The van der Waals surface area contributed by atoms with Gasteiger partial charge in [0.15, 0.2) is 0 Å². The summed E-state index contributed by atoms with van der Waals surface area (Å²) in [6.45, 7) is 1.93. The minimum absolute atomic E-state index is 0.0661. The van der Waals surface area contributed by atoms with Gasteiger partial charge in [-0.05, 0) is 18.5 Å². The van der Waals surface area contributed by atoms with Crippen LogP contribution in [0.4, 0.5) is 5.00 Å². The van der Waals surface area contributed by atoms with Crippen LogP contribution in [0.25, 0.3) is 11.3 Å². The summed E-state index contributed by atoms with van der Waals surface area (Å²) < 4.78 is 4.36. The van der Waals surface area contributed by atoms with Crippen molar-refractivity contribution in [3.8, 4) is 11.3 Å². The van der Waals surface area contributed by atoms with Crippen molar-refractivity contribution in [3.63, 3.8) is 0 Å². The molecular formula is C15H13N3OS2. The van der Waals surface area contributed by atoms with E-state index in [1.807, 2.05) is 48.7 Å². The van der Waals surface area contributed by atoms with Crippen molar-refractivity contribution in [3.05, 3.63) is 52.5 Å². The monoisotopic (exact) mass is 315 g/mol. The Morgan fingerprint density at radius 3 is 2.81 bits per heavy atom. The number of carbonyl (C=O) groups is 1. The molecule has 0 saturated heterocycles. The molecule has 0 atom stereocenters. The zero-order chi connectivity index (χ0) is 14.7. The Bertz CT molecular complexity index is 749. The standard InChI is InChI=1S/C15H13N3OS2/c1-10-16-12(9-20-10)7-14(19)17-15-8-13(18-21-15)11-5-3-2-4-6-11/h2-6,8-9H,7H2,1H3,(H,17,19). The molecule has 0 radical (unpaired) electrons. The summed E-state index contributed by atoms with van der Waals surface area (Å²) in [6.07, 6.45) is 0.295. The lowest BCUT2D eigenvalue weighted by Gasteiger charge is -1.99. The lowest BCUT2D eigenvalue weighted by molar-refractivity contribution is -0.115. The number of aryl methyl sites for hydroxylation is 1. The van der Waals surface area contributed by atoms with Crippen molar-refractivity contribution in [2.75, 3.05) is 5.32 Å². The third-order valence-corrected chi connectivity index (χ3v) is 4.38. The van der Waals surface area contributed by atoms with Crippen LogP contribution in [-0.2, 0) is 11.2 Å². The first-order valence-electron chi connectivity index (χ1n) is 6.44. The third-order valence-electron chi connectivity index (χ3n) is 2.85. The Balaban J connectivity index is 1.66. The van der Waals surface area contributed by atoms with Crippen LogP contribution >= 0.6 is 22.9 Å². The molecule has 6 heteroatoms. The average molecular weight is 315 g/mol. The Morgan fingerprint density at radius 1 is 1.29 bits per heavy atom. The zero-order valence-electron chi connectivity index (χ0n) is 11.4. The molecule has 0 saturated carbocycles. The number of benzene rings is 1. The van der Waals surface area contributed by atoms with Gasteiger partial charge in [-0.3, -0.25) is 4.79 Å². The van der Waals surface area contributed by atoms with Crippen molar-refractivity contribution in [1.29, 1.82) is 0 Å². The van der Waals surface area contributed by atoms with Crippen LogP contribution in [0.5, 0.6) is 0 Å². The molecule has 0 aliphatic rings. The molecule has 0 fully saturated rings. The number of hydrogen-bond acceptors (Lipinski definition) is 5. The average Bonchev–Trinajstić information content (AvgIpc) is 3.09.